The van der Waals surface area contributed by atoms with E-state index in [2.05, 4.69) is 15.0 Å². The molecule has 2 aromatic carbocycles. The SMILES string of the molecule is CCOc1ccc2c(c1)c(C(=O)c1cnc(-c3ccncn3)o1)c(Cl)n2Cc1ccc(Cl)cc1Cl. The summed E-state index contributed by atoms with van der Waals surface area (Å²) >= 11 is 19.3. The second-order valence-corrected chi connectivity index (χ2v) is 8.75. The quantitative estimate of drug-likeness (QED) is 0.218. The molecule has 0 unspecified atom stereocenters. The first kappa shape index (κ1) is 23.4. The third kappa shape index (κ3) is 4.50. The highest BCUT2D eigenvalue weighted by molar-refractivity contribution is 6.37. The smallest absolute Gasteiger partial charge is 0.245 e. The number of ether oxygens (including phenoxy) is 1. The fourth-order valence-electron chi connectivity index (χ4n) is 3.79. The van der Waals surface area contributed by atoms with E-state index in [1.54, 1.807) is 30.5 Å². The second-order valence-electron chi connectivity index (χ2n) is 7.55. The number of halogens is 3. The fourth-order valence-corrected chi connectivity index (χ4v) is 4.59. The Morgan fingerprint density at radius 3 is 2.69 bits per heavy atom. The van der Waals surface area contributed by atoms with Crippen LogP contribution in [0, 0.1) is 0 Å². The van der Waals surface area contributed by atoms with Gasteiger partial charge in [-0.15, -0.1) is 0 Å². The molecule has 10 heteroatoms. The maximum atomic E-state index is 13.6. The predicted octanol–water partition coefficient (Wildman–Crippen LogP) is 6.72. The number of carbonyl (C=O) groups excluding carboxylic acids is 1. The van der Waals surface area contributed by atoms with Crippen LogP contribution in [-0.4, -0.2) is 31.9 Å². The van der Waals surface area contributed by atoms with E-state index in [1.807, 2.05) is 29.7 Å². The Morgan fingerprint density at radius 2 is 1.94 bits per heavy atom. The van der Waals surface area contributed by atoms with Gasteiger partial charge in [0.25, 0.3) is 0 Å². The Labute approximate surface area is 215 Å². The number of rotatable bonds is 7. The number of ketones is 1. The van der Waals surface area contributed by atoms with Crippen molar-refractivity contribution in [1.82, 2.24) is 19.5 Å². The van der Waals surface area contributed by atoms with Crippen LogP contribution >= 0.6 is 34.8 Å². The fraction of sp³-hybridized carbons (Fsp3) is 0.120. The van der Waals surface area contributed by atoms with Crippen LogP contribution in [0.15, 0.2) is 65.6 Å². The van der Waals surface area contributed by atoms with Crippen molar-refractivity contribution in [3.8, 4) is 17.3 Å². The summed E-state index contributed by atoms with van der Waals surface area (Å²) in [6.07, 6.45) is 4.31. The zero-order valence-corrected chi connectivity index (χ0v) is 20.6. The van der Waals surface area contributed by atoms with E-state index in [1.165, 1.54) is 12.5 Å². The summed E-state index contributed by atoms with van der Waals surface area (Å²) in [6, 6.07) is 12.4. The normalized spacial score (nSPS) is 11.2. The van der Waals surface area contributed by atoms with Crippen LogP contribution in [0.4, 0.5) is 0 Å². The summed E-state index contributed by atoms with van der Waals surface area (Å²) in [5.74, 6) is 0.443. The van der Waals surface area contributed by atoms with Crippen LogP contribution in [0.1, 0.15) is 28.6 Å². The lowest BCUT2D eigenvalue weighted by molar-refractivity contribution is 0.101. The molecule has 0 saturated heterocycles. The van der Waals surface area contributed by atoms with Crippen molar-refractivity contribution in [1.29, 1.82) is 0 Å². The topological polar surface area (TPSA) is 83.0 Å². The third-order valence-electron chi connectivity index (χ3n) is 5.38. The van der Waals surface area contributed by atoms with Crippen molar-refractivity contribution in [2.45, 2.75) is 13.5 Å². The van der Waals surface area contributed by atoms with Gasteiger partial charge in [-0.05, 0) is 48.9 Å². The molecular formula is C25H17Cl3N4O3. The molecule has 5 rings (SSSR count). The van der Waals surface area contributed by atoms with Crippen molar-refractivity contribution in [2.75, 3.05) is 6.61 Å². The van der Waals surface area contributed by atoms with E-state index >= 15 is 0 Å². The van der Waals surface area contributed by atoms with Crippen molar-refractivity contribution in [2.24, 2.45) is 0 Å². The minimum atomic E-state index is -0.414. The van der Waals surface area contributed by atoms with Gasteiger partial charge in [0.05, 0.1) is 30.4 Å². The molecular weight excluding hydrogens is 511 g/mol. The number of oxazole rings is 1. The van der Waals surface area contributed by atoms with Crippen LogP contribution in [0.2, 0.25) is 15.2 Å². The highest BCUT2D eigenvalue weighted by atomic mass is 35.5. The first-order valence-electron chi connectivity index (χ1n) is 10.6. The third-order valence-corrected chi connectivity index (χ3v) is 6.36. The summed E-state index contributed by atoms with van der Waals surface area (Å²) in [4.78, 5) is 25.8. The molecule has 3 aromatic heterocycles. The molecule has 0 atom stereocenters. The Hall–Kier alpha value is -3.39. The number of benzene rings is 2. The first-order chi connectivity index (χ1) is 17.0. The standard InChI is InChI=1S/C25H17Cl3N4O3/c1-2-34-16-5-6-20-17(10-16)22(24(28)32(20)12-14-3-4-15(26)9-18(14)27)23(33)21-11-30-25(35-21)19-7-8-29-13-31-19/h3-11,13H,2,12H2,1H3. The Bertz CT molecular complexity index is 1550. The van der Waals surface area contributed by atoms with Crippen molar-refractivity contribution in [3.05, 3.63) is 93.3 Å². The summed E-state index contributed by atoms with van der Waals surface area (Å²) in [7, 11) is 0. The van der Waals surface area contributed by atoms with Gasteiger partial charge >= 0.3 is 0 Å². The highest BCUT2D eigenvalue weighted by Crippen LogP contribution is 2.36. The van der Waals surface area contributed by atoms with Crippen LogP contribution in [0.25, 0.3) is 22.5 Å². The largest absolute Gasteiger partial charge is 0.494 e. The number of aromatic nitrogens is 4. The van der Waals surface area contributed by atoms with E-state index in [0.717, 1.165) is 11.1 Å². The van der Waals surface area contributed by atoms with E-state index in [4.69, 9.17) is 44.0 Å². The number of fused-ring (bicyclic) bond motifs is 1. The Balaban J connectivity index is 1.62. The molecule has 0 spiro atoms. The van der Waals surface area contributed by atoms with E-state index in [9.17, 15) is 4.79 Å². The molecule has 0 N–H and O–H groups in total. The van der Waals surface area contributed by atoms with E-state index in [-0.39, 0.29) is 22.4 Å². The van der Waals surface area contributed by atoms with Crippen LogP contribution in [0.5, 0.6) is 5.75 Å². The van der Waals surface area contributed by atoms with Gasteiger partial charge in [0.2, 0.25) is 11.7 Å². The van der Waals surface area contributed by atoms with Crippen LogP contribution in [-0.2, 0) is 6.54 Å². The van der Waals surface area contributed by atoms with Gasteiger partial charge in [-0.2, -0.15) is 0 Å². The average molecular weight is 528 g/mol. The zero-order valence-electron chi connectivity index (χ0n) is 18.3. The Kier molecular flexibility index (Phi) is 6.47. The summed E-state index contributed by atoms with van der Waals surface area (Å²) in [5.41, 5.74) is 2.28. The number of carbonyl (C=O) groups is 1. The lowest BCUT2D eigenvalue weighted by atomic mass is 10.1. The van der Waals surface area contributed by atoms with Crippen molar-refractivity contribution in [3.63, 3.8) is 0 Å². The number of hydrogen-bond acceptors (Lipinski definition) is 6. The van der Waals surface area contributed by atoms with Crippen LogP contribution in [0.3, 0.4) is 0 Å². The molecule has 176 valence electrons. The molecule has 5 aromatic rings. The summed E-state index contributed by atoms with van der Waals surface area (Å²) in [5, 5.41) is 1.89. The zero-order chi connectivity index (χ0) is 24.5. The van der Waals surface area contributed by atoms with E-state index in [0.29, 0.717) is 40.0 Å². The lowest BCUT2D eigenvalue weighted by Gasteiger charge is -2.10. The molecule has 0 aliphatic rings. The van der Waals surface area contributed by atoms with Gasteiger partial charge in [0.1, 0.15) is 22.9 Å². The Morgan fingerprint density at radius 1 is 1.09 bits per heavy atom. The van der Waals surface area contributed by atoms with Crippen LogP contribution < -0.4 is 4.74 Å². The first-order valence-corrected chi connectivity index (χ1v) is 11.7. The van der Waals surface area contributed by atoms with Crippen molar-refractivity contribution < 1.29 is 13.9 Å². The van der Waals surface area contributed by atoms with Crippen molar-refractivity contribution >= 4 is 51.5 Å². The minimum Gasteiger partial charge on any atom is -0.494 e. The van der Waals surface area contributed by atoms with Gasteiger partial charge in [0, 0.05) is 21.6 Å². The average Bonchev–Trinajstić information content (AvgIpc) is 3.45. The minimum absolute atomic E-state index is 0.0332. The maximum Gasteiger partial charge on any atom is 0.245 e. The molecule has 0 saturated carbocycles. The van der Waals surface area contributed by atoms with Gasteiger partial charge in [-0.25, -0.2) is 15.0 Å². The molecule has 0 bridgehead atoms. The molecule has 35 heavy (non-hydrogen) atoms. The van der Waals surface area contributed by atoms with Gasteiger partial charge in [0.15, 0.2) is 5.76 Å². The molecule has 0 aliphatic carbocycles. The van der Waals surface area contributed by atoms with E-state index < -0.39 is 5.78 Å². The molecule has 0 amide bonds. The summed E-state index contributed by atoms with van der Waals surface area (Å²) < 4.78 is 13.2. The molecule has 7 nitrogen and oxygen atoms in total. The summed E-state index contributed by atoms with van der Waals surface area (Å²) in [6.45, 7) is 2.70. The van der Waals surface area contributed by atoms with Gasteiger partial charge in [-0.3, -0.25) is 4.79 Å². The molecule has 3 heterocycles. The second kappa shape index (κ2) is 9.70. The highest BCUT2D eigenvalue weighted by Gasteiger charge is 2.26. The number of hydrogen-bond donors (Lipinski definition) is 0. The van der Waals surface area contributed by atoms with Gasteiger partial charge in [-0.1, -0.05) is 40.9 Å². The lowest BCUT2D eigenvalue weighted by Crippen LogP contribution is -2.03. The van der Waals surface area contributed by atoms with Gasteiger partial charge < -0.3 is 13.7 Å². The molecule has 0 fully saturated rings. The monoisotopic (exact) mass is 526 g/mol. The molecule has 0 aliphatic heterocycles. The predicted molar refractivity (Wildman–Crippen MR) is 135 cm³/mol. The number of nitrogens with zero attached hydrogens (tertiary/aromatic N) is 4. The molecule has 0 radical (unpaired) electrons. The maximum absolute atomic E-state index is 13.6.